The Morgan fingerprint density at radius 2 is 1.91 bits per heavy atom. The molecular formula is C16H27ClN2O3. The molecule has 22 heavy (non-hydrogen) atoms. The van der Waals surface area contributed by atoms with Gasteiger partial charge in [0, 0.05) is 32.7 Å². The van der Waals surface area contributed by atoms with Gasteiger partial charge in [0.2, 0.25) is 5.91 Å². The van der Waals surface area contributed by atoms with E-state index in [0.717, 1.165) is 5.56 Å². The highest BCUT2D eigenvalue weighted by molar-refractivity contribution is 5.85. The molecule has 1 aromatic rings. The average molecular weight is 331 g/mol. The van der Waals surface area contributed by atoms with Crippen molar-refractivity contribution in [1.82, 2.24) is 4.90 Å². The van der Waals surface area contributed by atoms with E-state index in [1.807, 2.05) is 37.3 Å². The molecule has 0 heterocycles. The first-order chi connectivity index (χ1) is 10.2. The summed E-state index contributed by atoms with van der Waals surface area (Å²) in [5.41, 5.74) is 6.71. The molecule has 0 aromatic heterocycles. The summed E-state index contributed by atoms with van der Waals surface area (Å²) in [6.07, 6.45) is 0. The highest BCUT2D eigenvalue weighted by atomic mass is 35.5. The van der Waals surface area contributed by atoms with E-state index in [2.05, 4.69) is 0 Å². The molecular weight excluding hydrogens is 304 g/mol. The van der Waals surface area contributed by atoms with Crippen molar-refractivity contribution in [2.75, 3.05) is 40.0 Å². The number of amides is 1. The number of hydrogen-bond donors (Lipinski definition) is 1. The standard InChI is InChI=1S/C16H26N2O3.ClH/c1-14(12-17)16(19)18(8-9-21-11-10-20-2)13-15-6-4-3-5-7-15;/h3-7,14H,8-13,17H2,1-2H3;1H. The first kappa shape index (κ1) is 20.9. The summed E-state index contributed by atoms with van der Waals surface area (Å²) in [7, 11) is 1.64. The van der Waals surface area contributed by atoms with Gasteiger partial charge in [-0.25, -0.2) is 0 Å². The second-order valence-corrected chi connectivity index (χ2v) is 4.99. The maximum Gasteiger partial charge on any atom is 0.227 e. The molecule has 0 fully saturated rings. The van der Waals surface area contributed by atoms with Crippen molar-refractivity contribution in [2.24, 2.45) is 11.7 Å². The van der Waals surface area contributed by atoms with Gasteiger partial charge in [-0.05, 0) is 5.56 Å². The molecule has 1 unspecified atom stereocenters. The van der Waals surface area contributed by atoms with Crippen LogP contribution >= 0.6 is 12.4 Å². The predicted octanol–water partition coefficient (Wildman–Crippen LogP) is 1.69. The van der Waals surface area contributed by atoms with E-state index < -0.39 is 0 Å². The maximum absolute atomic E-state index is 12.4. The Balaban J connectivity index is 0.00000441. The van der Waals surface area contributed by atoms with E-state index in [1.165, 1.54) is 0 Å². The lowest BCUT2D eigenvalue weighted by atomic mass is 10.1. The van der Waals surface area contributed by atoms with Crippen molar-refractivity contribution < 1.29 is 14.3 Å². The zero-order valence-electron chi connectivity index (χ0n) is 13.4. The number of carbonyl (C=O) groups excluding carboxylic acids is 1. The van der Waals surface area contributed by atoms with Crippen molar-refractivity contribution in [2.45, 2.75) is 13.5 Å². The van der Waals surface area contributed by atoms with E-state index in [1.54, 1.807) is 12.0 Å². The van der Waals surface area contributed by atoms with Crippen molar-refractivity contribution in [3.05, 3.63) is 35.9 Å². The third kappa shape index (κ3) is 7.75. The minimum absolute atomic E-state index is 0. The van der Waals surface area contributed by atoms with Crippen molar-refractivity contribution in [3.63, 3.8) is 0 Å². The van der Waals surface area contributed by atoms with Crippen LogP contribution in [0.2, 0.25) is 0 Å². The molecule has 2 N–H and O–H groups in total. The Kier molecular flexibility index (Phi) is 11.8. The molecule has 0 aliphatic carbocycles. The van der Waals surface area contributed by atoms with Gasteiger partial charge in [0.25, 0.3) is 0 Å². The molecule has 1 aromatic carbocycles. The molecule has 5 nitrogen and oxygen atoms in total. The normalized spacial score (nSPS) is 11.6. The van der Waals surface area contributed by atoms with Crippen molar-refractivity contribution in [1.29, 1.82) is 0 Å². The number of halogens is 1. The third-order valence-electron chi connectivity index (χ3n) is 3.24. The molecule has 0 saturated carbocycles. The fourth-order valence-corrected chi connectivity index (χ4v) is 1.90. The maximum atomic E-state index is 12.4. The summed E-state index contributed by atoms with van der Waals surface area (Å²) < 4.78 is 10.4. The number of ether oxygens (including phenoxy) is 2. The minimum Gasteiger partial charge on any atom is -0.382 e. The van der Waals surface area contributed by atoms with Crippen LogP contribution in [-0.4, -0.2) is 50.8 Å². The number of benzene rings is 1. The number of hydrogen-bond acceptors (Lipinski definition) is 4. The number of nitrogens with zero attached hydrogens (tertiary/aromatic N) is 1. The van der Waals surface area contributed by atoms with Crippen molar-refractivity contribution in [3.8, 4) is 0 Å². The van der Waals surface area contributed by atoms with Gasteiger partial charge in [-0.15, -0.1) is 12.4 Å². The fraction of sp³-hybridized carbons (Fsp3) is 0.562. The van der Waals surface area contributed by atoms with Crippen LogP contribution in [0.4, 0.5) is 0 Å². The SMILES string of the molecule is COCCOCCN(Cc1ccccc1)C(=O)C(C)CN.Cl. The summed E-state index contributed by atoms with van der Waals surface area (Å²) in [6, 6.07) is 9.93. The highest BCUT2D eigenvalue weighted by Gasteiger charge is 2.19. The van der Waals surface area contributed by atoms with Crippen LogP contribution in [-0.2, 0) is 20.8 Å². The quantitative estimate of drug-likeness (QED) is 0.663. The highest BCUT2D eigenvalue weighted by Crippen LogP contribution is 2.08. The summed E-state index contributed by atoms with van der Waals surface area (Å²) in [4.78, 5) is 14.2. The number of methoxy groups -OCH3 is 1. The molecule has 0 saturated heterocycles. The monoisotopic (exact) mass is 330 g/mol. The van der Waals surface area contributed by atoms with Crippen LogP contribution in [0, 0.1) is 5.92 Å². The van der Waals surface area contributed by atoms with Gasteiger partial charge in [-0.2, -0.15) is 0 Å². The Morgan fingerprint density at radius 1 is 1.23 bits per heavy atom. The topological polar surface area (TPSA) is 64.8 Å². The van der Waals surface area contributed by atoms with Gasteiger partial charge in [-0.3, -0.25) is 4.79 Å². The van der Waals surface area contributed by atoms with E-state index in [-0.39, 0.29) is 24.2 Å². The summed E-state index contributed by atoms with van der Waals surface area (Å²) >= 11 is 0. The summed E-state index contributed by atoms with van der Waals surface area (Å²) in [6.45, 7) is 4.95. The lowest BCUT2D eigenvalue weighted by molar-refractivity contribution is -0.136. The smallest absolute Gasteiger partial charge is 0.227 e. The molecule has 126 valence electrons. The molecule has 1 amide bonds. The number of carbonyl (C=O) groups is 1. The van der Waals surface area contributed by atoms with E-state index in [0.29, 0.717) is 39.5 Å². The van der Waals surface area contributed by atoms with E-state index in [4.69, 9.17) is 15.2 Å². The zero-order chi connectivity index (χ0) is 15.5. The zero-order valence-corrected chi connectivity index (χ0v) is 14.2. The van der Waals surface area contributed by atoms with Crippen LogP contribution in [0.15, 0.2) is 30.3 Å². The van der Waals surface area contributed by atoms with E-state index in [9.17, 15) is 4.79 Å². The summed E-state index contributed by atoms with van der Waals surface area (Å²) in [5.74, 6) is -0.107. The van der Waals surface area contributed by atoms with Gasteiger partial charge in [0.05, 0.1) is 19.8 Å². The molecule has 0 aliphatic heterocycles. The predicted molar refractivity (Wildman–Crippen MR) is 90.0 cm³/mol. The second kappa shape index (κ2) is 12.4. The third-order valence-corrected chi connectivity index (χ3v) is 3.24. The molecule has 1 rings (SSSR count). The molecule has 6 heteroatoms. The lowest BCUT2D eigenvalue weighted by Crippen LogP contribution is -2.39. The largest absolute Gasteiger partial charge is 0.382 e. The first-order valence-corrected chi connectivity index (χ1v) is 7.28. The molecule has 0 spiro atoms. The van der Waals surface area contributed by atoms with Gasteiger partial charge in [0.15, 0.2) is 0 Å². The van der Waals surface area contributed by atoms with Crippen LogP contribution in [0.25, 0.3) is 0 Å². The average Bonchev–Trinajstić information content (AvgIpc) is 2.53. The van der Waals surface area contributed by atoms with Crippen LogP contribution in [0.1, 0.15) is 12.5 Å². The number of rotatable bonds is 10. The Labute approximate surface area is 139 Å². The van der Waals surface area contributed by atoms with Gasteiger partial charge in [-0.1, -0.05) is 37.3 Å². The van der Waals surface area contributed by atoms with Gasteiger partial charge in [0.1, 0.15) is 0 Å². The molecule has 0 radical (unpaired) electrons. The van der Waals surface area contributed by atoms with Crippen LogP contribution < -0.4 is 5.73 Å². The van der Waals surface area contributed by atoms with Gasteiger partial charge < -0.3 is 20.1 Å². The second-order valence-electron chi connectivity index (χ2n) is 4.99. The molecule has 1 atom stereocenters. The van der Waals surface area contributed by atoms with Crippen LogP contribution in [0.3, 0.4) is 0 Å². The van der Waals surface area contributed by atoms with Crippen molar-refractivity contribution >= 4 is 18.3 Å². The van der Waals surface area contributed by atoms with Crippen LogP contribution in [0.5, 0.6) is 0 Å². The number of nitrogens with two attached hydrogens (primary N) is 1. The Morgan fingerprint density at radius 3 is 2.50 bits per heavy atom. The lowest BCUT2D eigenvalue weighted by Gasteiger charge is -2.25. The molecule has 0 aliphatic rings. The van der Waals surface area contributed by atoms with Gasteiger partial charge >= 0.3 is 0 Å². The first-order valence-electron chi connectivity index (χ1n) is 7.28. The Hall–Kier alpha value is -1.14. The van der Waals surface area contributed by atoms with E-state index >= 15 is 0 Å². The molecule has 0 bridgehead atoms. The fourth-order valence-electron chi connectivity index (χ4n) is 1.90. The summed E-state index contributed by atoms with van der Waals surface area (Å²) in [5, 5.41) is 0. The minimum atomic E-state index is -0.173. The Bertz CT molecular complexity index is 404.